The van der Waals surface area contributed by atoms with Crippen LogP contribution >= 0.6 is 12.4 Å². The summed E-state index contributed by atoms with van der Waals surface area (Å²) in [6.07, 6.45) is -3.87. The molecule has 4 nitrogen and oxygen atoms in total. The molecule has 0 radical (unpaired) electrons. The third kappa shape index (κ3) is 5.87. The molecule has 0 bridgehead atoms. The lowest BCUT2D eigenvalue weighted by Gasteiger charge is -2.33. The Hall–Kier alpha value is -2.25. The van der Waals surface area contributed by atoms with Crippen molar-refractivity contribution in [3.05, 3.63) is 65.2 Å². The summed E-state index contributed by atoms with van der Waals surface area (Å²) in [5.41, 5.74) is 7.76. The molecule has 2 aromatic rings. The number of amides is 1. The molecular weight excluding hydrogens is 405 g/mol. The Labute approximate surface area is 174 Å². The minimum atomic E-state index is -4.28. The van der Waals surface area contributed by atoms with E-state index >= 15 is 0 Å². The number of likely N-dealkylation sites (tertiary alicyclic amines) is 1. The number of hydrogen-bond donors (Lipinski definition) is 1. The number of halogens is 4. The van der Waals surface area contributed by atoms with Gasteiger partial charge in [-0.25, -0.2) is 0 Å². The minimum Gasteiger partial charge on any atom is -0.489 e. The van der Waals surface area contributed by atoms with Crippen molar-refractivity contribution in [2.75, 3.05) is 13.1 Å². The fourth-order valence-electron chi connectivity index (χ4n) is 3.36. The van der Waals surface area contributed by atoms with Gasteiger partial charge in [-0.05, 0) is 36.6 Å². The average molecular weight is 429 g/mol. The molecule has 1 saturated heterocycles. The van der Waals surface area contributed by atoms with E-state index in [4.69, 9.17) is 10.5 Å². The van der Waals surface area contributed by atoms with Crippen LogP contribution in [0.1, 0.15) is 34.3 Å². The molecule has 1 atom stereocenters. The number of benzene rings is 2. The quantitative estimate of drug-likeness (QED) is 0.759. The SMILES string of the molecule is Cl.NCc1cc(C(=O)N2CCCC(C(F)(F)F)C2)ccc1OCc1ccccc1. The Balaban J connectivity index is 0.00000300. The lowest BCUT2D eigenvalue weighted by atomic mass is 9.96. The van der Waals surface area contributed by atoms with Gasteiger partial charge in [0.15, 0.2) is 0 Å². The second kappa shape index (κ2) is 9.98. The van der Waals surface area contributed by atoms with Gasteiger partial charge in [-0.15, -0.1) is 12.4 Å². The molecule has 2 N–H and O–H groups in total. The standard InChI is InChI=1S/C21H23F3N2O2.ClH/c22-21(23,24)18-7-4-10-26(13-18)20(27)16-8-9-19(17(11-16)12-25)28-14-15-5-2-1-3-6-15;/h1-3,5-6,8-9,11,18H,4,7,10,12-14,25H2;1H. The van der Waals surface area contributed by atoms with E-state index < -0.39 is 18.0 Å². The molecule has 0 spiro atoms. The highest BCUT2D eigenvalue weighted by atomic mass is 35.5. The zero-order chi connectivity index (χ0) is 20.1. The second-order valence-electron chi connectivity index (χ2n) is 6.93. The fourth-order valence-corrected chi connectivity index (χ4v) is 3.36. The lowest BCUT2D eigenvalue weighted by Crippen LogP contribution is -2.44. The number of carbonyl (C=O) groups excluding carboxylic acids is 1. The van der Waals surface area contributed by atoms with Gasteiger partial charge in [-0.3, -0.25) is 4.79 Å². The van der Waals surface area contributed by atoms with Gasteiger partial charge in [0.05, 0.1) is 5.92 Å². The number of nitrogens with two attached hydrogens (primary N) is 1. The van der Waals surface area contributed by atoms with E-state index in [1.807, 2.05) is 30.3 Å². The van der Waals surface area contributed by atoms with Gasteiger partial charge in [-0.1, -0.05) is 30.3 Å². The van der Waals surface area contributed by atoms with E-state index in [2.05, 4.69) is 0 Å². The van der Waals surface area contributed by atoms with Crippen LogP contribution in [-0.4, -0.2) is 30.1 Å². The van der Waals surface area contributed by atoms with Crippen LogP contribution in [0.4, 0.5) is 13.2 Å². The summed E-state index contributed by atoms with van der Waals surface area (Å²) in [6.45, 7) is 0.555. The summed E-state index contributed by atoms with van der Waals surface area (Å²) < 4.78 is 44.8. The molecule has 1 heterocycles. The van der Waals surface area contributed by atoms with E-state index in [-0.39, 0.29) is 31.9 Å². The zero-order valence-corrected chi connectivity index (χ0v) is 16.6. The molecule has 0 aromatic heterocycles. The number of alkyl halides is 3. The summed E-state index contributed by atoms with van der Waals surface area (Å²) >= 11 is 0. The lowest BCUT2D eigenvalue weighted by molar-refractivity contribution is -0.184. The predicted molar refractivity (Wildman–Crippen MR) is 107 cm³/mol. The highest BCUT2D eigenvalue weighted by Crippen LogP contribution is 2.33. The Morgan fingerprint density at radius 2 is 1.90 bits per heavy atom. The van der Waals surface area contributed by atoms with E-state index in [0.717, 1.165) is 5.56 Å². The molecule has 158 valence electrons. The molecule has 0 saturated carbocycles. The van der Waals surface area contributed by atoms with Gasteiger partial charge in [0.1, 0.15) is 12.4 Å². The van der Waals surface area contributed by atoms with Crippen LogP contribution in [0.15, 0.2) is 48.5 Å². The summed E-state index contributed by atoms with van der Waals surface area (Å²) in [6, 6.07) is 14.5. The van der Waals surface area contributed by atoms with Crippen molar-refractivity contribution in [3.63, 3.8) is 0 Å². The average Bonchev–Trinajstić information content (AvgIpc) is 2.72. The molecule has 1 aliphatic heterocycles. The molecule has 0 aliphatic carbocycles. The molecule has 8 heteroatoms. The number of carbonyl (C=O) groups is 1. The molecule has 1 unspecified atom stereocenters. The predicted octanol–water partition coefficient (Wildman–Crippen LogP) is 4.56. The summed E-state index contributed by atoms with van der Waals surface area (Å²) in [7, 11) is 0. The first kappa shape index (κ1) is 23.0. The number of nitrogens with zero attached hydrogens (tertiary/aromatic N) is 1. The van der Waals surface area contributed by atoms with Crippen molar-refractivity contribution in [2.24, 2.45) is 11.7 Å². The normalized spacial score (nSPS) is 16.8. The third-order valence-corrected chi connectivity index (χ3v) is 4.94. The van der Waals surface area contributed by atoms with Gasteiger partial charge in [0.25, 0.3) is 5.91 Å². The number of piperidine rings is 1. The number of ether oxygens (including phenoxy) is 1. The Kier molecular flexibility index (Phi) is 7.93. The van der Waals surface area contributed by atoms with Gasteiger partial charge in [-0.2, -0.15) is 13.2 Å². The summed E-state index contributed by atoms with van der Waals surface area (Å²) in [5.74, 6) is -1.30. The van der Waals surface area contributed by atoms with Gasteiger partial charge < -0.3 is 15.4 Å². The van der Waals surface area contributed by atoms with Crippen molar-refractivity contribution >= 4 is 18.3 Å². The van der Waals surface area contributed by atoms with Crippen LogP contribution in [-0.2, 0) is 13.2 Å². The van der Waals surface area contributed by atoms with Crippen molar-refractivity contribution in [1.29, 1.82) is 0 Å². The van der Waals surface area contributed by atoms with Gasteiger partial charge in [0.2, 0.25) is 0 Å². The maximum atomic E-state index is 13.0. The molecular formula is C21H24ClF3N2O2. The van der Waals surface area contributed by atoms with Crippen LogP contribution in [0.5, 0.6) is 5.75 Å². The van der Waals surface area contributed by atoms with Crippen molar-refractivity contribution in [3.8, 4) is 5.75 Å². The van der Waals surface area contributed by atoms with Gasteiger partial charge in [0, 0.05) is 30.8 Å². The van der Waals surface area contributed by atoms with Crippen LogP contribution < -0.4 is 10.5 Å². The molecule has 29 heavy (non-hydrogen) atoms. The smallest absolute Gasteiger partial charge is 0.393 e. The Bertz CT molecular complexity index is 815. The first-order valence-corrected chi connectivity index (χ1v) is 9.24. The fraction of sp³-hybridized carbons (Fsp3) is 0.381. The summed E-state index contributed by atoms with van der Waals surface area (Å²) in [4.78, 5) is 14.0. The highest BCUT2D eigenvalue weighted by Gasteiger charge is 2.42. The van der Waals surface area contributed by atoms with E-state index in [0.29, 0.717) is 36.4 Å². The Morgan fingerprint density at radius 1 is 1.17 bits per heavy atom. The molecule has 3 rings (SSSR count). The first-order chi connectivity index (χ1) is 13.4. The maximum absolute atomic E-state index is 13.0. The van der Waals surface area contributed by atoms with Crippen LogP contribution in [0.2, 0.25) is 0 Å². The van der Waals surface area contributed by atoms with Crippen molar-refractivity contribution < 1.29 is 22.7 Å². The Morgan fingerprint density at radius 3 is 2.55 bits per heavy atom. The number of hydrogen-bond acceptors (Lipinski definition) is 3. The van der Waals surface area contributed by atoms with Crippen LogP contribution in [0.25, 0.3) is 0 Å². The zero-order valence-electron chi connectivity index (χ0n) is 15.8. The van der Waals surface area contributed by atoms with Crippen molar-refractivity contribution in [2.45, 2.75) is 32.2 Å². The largest absolute Gasteiger partial charge is 0.489 e. The number of rotatable bonds is 5. The molecule has 1 fully saturated rings. The molecule has 1 aliphatic rings. The monoisotopic (exact) mass is 428 g/mol. The molecule has 1 amide bonds. The second-order valence-corrected chi connectivity index (χ2v) is 6.93. The van der Waals surface area contributed by atoms with E-state index in [1.165, 1.54) is 4.90 Å². The van der Waals surface area contributed by atoms with Crippen LogP contribution in [0.3, 0.4) is 0 Å². The van der Waals surface area contributed by atoms with E-state index in [1.54, 1.807) is 18.2 Å². The topological polar surface area (TPSA) is 55.6 Å². The third-order valence-electron chi connectivity index (χ3n) is 4.94. The van der Waals surface area contributed by atoms with E-state index in [9.17, 15) is 18.0 Å². The maximum Gasteiger partial charge on any atom is 0.393 e. The highest BCUT2D eigenvalue weighted by molar-refractivity contribution is 5.94. The first-order valence-electron chi connectivity index (χ1n) is 9.24. The minimum absolute atomic E-state index is 0. The van der Waals surface area contributed by atoms with Crippen LogP contribution in [0, 0.1) is 5.92 Å². The van der Waals surface area contributed by atoms with Crippen molar-refractivity contribution in [1.82, 2.24) is 4.90 Å². The summed E-state index contributed by atoms with van der Waals surface area (Å²) in [5, 5.41) is 0. The van der Waals surface area contributed by atoms with Gasteiger partial charge >= 0.3 is 6.18 Å². The molecule has 2 aromatic carbocycles.